The molecule has 0 saturated carbocycles. The molecule has 2 aromatic rings. The lowest BCUT2D eigenvalue weighted by molar-refractivity contribution is 0.103. The molecule has 0 spiro atoms. The van der Waals surface area contributed by atoms with Crippen LogP contribution in [0.3, 0.4) is 0 Å². The minimum absolute atomic E-state index is 0.0721. The van der Waals surface area contributed by atoms with Crippen LogP contribution in [0.15, 0.2) is 64.0 Å². The highest BCUT2D eigenvalue weighted by atomic mass is 16.3. The second kappa shape index (κ2) is 6.45. The Balaban J connectivity index is 1.97. The number of carbonyl (C=O) groups excluding carboxylic acids is 1. The first-order valence-electron chi connectivity index (χ1n) is 8.78. The lowest BCUT2D eigenvalue weighted by atomic mass is 9.85. The van der Waals surface area contributed by atoms with E-state index in [1.54, 1.807) is 18.4 Å². The van der Waals surface area contributed by atoms with Crippen LogP contribution in [0.5, 0.6) is 0 Å². The number of rotatable bonds is 4. The summed E-state index contributed by atoms with van der Waals surface area (Å²) in [6.45, 7) is 1.25. The summed E-state index contributed by atoms with van der Waals surface area (Å²) in [7, 11) is 3.93. The van der Waals surface area contributed by atoms with Gasteiger partial charge >= 0.3 is 0 Å². The number of nitriles is 1. The predicted octanol–water partition coefficient (Wildman–Crippen LogP) is 2.54. The first-order valence-corrected chi connectivity index (χ1v) is 8.78. The number of furan rings is 1. The van der Waals surface area contributed by atoms with E-state index in [-0.39, 0.29) is 5.78 Å². The van der Waals surface area contributed by atoms with Gasteiger partial charge in [0.15, 0.2) is 11.5 Å². The molecule has 0 amide bonds. The van der Waals surface area contributed by atoms with Crippen molar-refractivity contribution in [2.45, 2.75) is 5.92 Å². The van der Waals surface area contributed by atoms with Gasteiger partial charge in [-0.25, -0.2) is 0 Å². The van der Waals surface area contributed by atoms with Gasteiger partial charge in [0, 0.05) is 24.2 Å². The number of nitrogens with two attached hydrogens (primary N) is 1. The zero-order valence-corrected chi connectivity index (χ0v) is 15.3. The number of fused-ring (bicyclic) bond motifs is 3. The van der Waals surface area contributed by atoms with Gasteiger partial charge in [0.2, 0.25) is 0 Å². The summed E-state index contributed by atoms with van der Waals surface area (Å²) in [6, 6.07) is 13.3. The summed E-state index contributed by atoms with van der Waals surface area (Å²) in [5, 5.41) is 9.85. The van der Waals surface area contributed by atoms with Crippen LogP contribution in [0.2, 0.25) is 0 Å². The molecule has 136 valence electrons. The van der Waals surface area contributed by atoms with E-state index in [2.05, 4.69) is 6.07 Å². The predicted molar refractivity (Wildman–Crippen MR) is 101 cm³/mol. The first-order chi connectivity index (χ1) is 13.0. The SMILES string of the molecule is CN(C)CCN1C(N)=C(C#N)C2C(=C1c1ccco1)C(=O)c1ccccc12. The molecular formula is C21H20N4O2. The zero-order valence-electron chi connectivity index (χ0n) is 15.3. The van der Waals surface area contributed by atoms with Crippen molar-refractivity contribution in [2.75, 3.05) is 27.2 Å². The van der Waals surface area contributed by atoms with Crippen LogP contribution >= 0.6 is 0 Å². The number of carbonyl (C=O) groups is 1. The van der Waals surface area contributed by atoms with Crippen molar-refractivity contribution in [3.05, 3.63) is 76.5 Å². The fourth-order valence-corrected chi connectivity index (χ4v) is 3.82. The van der Waals surface area contributed by atoms with Crippen molar-refractivity contribution in [1.29, 1.82) is 5.26 Å². The van der Waals surface area contributed by atoms with E-state index in [0.29, 0.717) is 47.1 Å². The summed E-state index contributed by atoms with van der Waals surface area (Å²) in [5.41, 5.74) is 9.54. The molecule has 27 heavy (non-hydrogen) atoms. The molecular weight excluding hydrogens is 340 g/mol. The monoisotopic (exact) mass is 360 g/mol. The summed E-state index contributed by atoms with van der Waals surface area (Å²) in [5.74, 6) is 0.436. The summed E-state index contributed by atoms with van der Waals surface area (Å²) in [4.78, 5) is 17.1. The molecule has 6 nitrogen and oxygen atoms in total. The van der Waals surface area contributed by atoms with Crippen molar-refractivity contribution in [3.63, 3.8) is 0 Å². The topological polar surface area (TPSA) is 86.5 Å². The van der Waals surface area contributed by atoms with Crippen molar-refractivity contribution >= 4 is 11.5 Å². The van der Waals surface area contributed by atoms with Gasteiger partial charge < -0.3 is 20.0 Å². The Morgan fingerprint density at radius 3 is 2.70 bits per heavy atom. The van der Waals surface area contributed by atoms with Crippen molar-refractivity contribution in [3.8, 4) is 6.07 Å². The molecule has 2 aliphatic rings. The number of hydrogen-bond donors (Lipinski definition) is 1. The molecule has 2 heterocycles. The van der Waals surface area contributed by atoms with Crippen LogP contribution in [0.4, 0.5) is 0 Å². The number of nitrogens with zero attached hydrogens (tertiary/aromatic N) is 3. The molecule has 1 aromatic heterocycles. The minimum Gasteiger partial charge on any atom is -0.463 e. The number of Topliss-reactive ketones (excluding diaryl/α,β-unsaturated/α-hetero) is 1. The minimum atomic E-state index is -0.450. The molecule has 1 aliphatic carbocycles. The van der Waals surface area contributed by atoms with Crippen LogP contribution in [0.25, 0.3) is 5.70 Å². The van der Waals surface area contributed by atoms with E-state index in [9.17, 15) is 10.1 Å². The third kappa shape index (κ3) is 2.56. The maximum atomic E-state index is 13.3. The second-order valence-corrected chi connectivity index (χ2v) is 6.95. The average molecular weight is 360 g/mol. The van der Waals surface area contributed by atoms with Crippen molar-refractivity contribution in [1.82, 2.24) is 9.80 Å². The molecule has 0 fully saturated rings. The number of ketones is 1. The molecule has 0 radical (unpaired) electrons. The highest BCUT2D eigenvalue weighted by molar-refractivity contribution is 6.19. The van der Waals surface area contributed by atoms with Gasteiger partial charge in [0.05, 0.1) is 29.5 Å². The Hall–Kier alpha value is -3.30. The number of likely N-dealkylation sites (N-methyl/N-ethyl adjacent to an activating group) is 1. The zero-order chi connectivity index (χ0) is 19.1. The quantitative estimate of drug-likeness (QED) is 0.902. The standard InChI is InChI=1S/C21H20N4O2/c1-24(2)9-10-25-19(16-8-5-11-27-16)18-17(15(12-22)21(25)23)13-6-3-4-7-14(13)20(18)26/h3-8,11,17H,9-10,23H2,1-2H3. The second-order valence-electron chi connectivity index (χ2n) is 6.95. The highest BCUT2D eigenvalue weighted by Crippen LogP contribution is 2.50. The van der Waals surface area contributed by atoms with Crippen LogP contribution in [0, 0.1) is 11.3 Å². The van der Waals surface area contributed by atoms with Crippen LogP contribution in [-0.2, 0) is 0 Å². The van der Waals surface area contributed by atoms with E-state index in [4.69, 9.17) is 10.2 Å². The van der Waals surface area contributed by atoms with Gasteiger partial charge in [-0.2, -0.15) is 5.26 Å². The Kier molecular flexibility index (Phi) is 4.09. The van der Waals surface area contributed by atoms with Crippen LogP contribution in [-0.4, -0.2) is 42.8 Å². The van der Waals surface area contributed by atoms with Crippen LogP contribution in [0.1, 0.15) is 27.6 Å². The highest BCUT2D eigenvalue weighted by Gasteiger charge is 2.45. The maximum Gasteiger partial charge on any atom is 0.192 e. The Labute approximate surface area is 157 Å². The molecule has 2 N–H and O–H groups in total. The number of allylic oxidation sites excluding steroid dienone is 2. The van der Waals surface area contributed by atoms with E-state index in [0.717, 1.165) is 5.56 Å². The number of benzene rings is 1. The Morgan fingerprint density at radius 1 is 1.26 bits per heavy atom. The molecule has 1 aliphatic heterocycles. The van der Waals surface area contributed by atoms with E-state index in [1.165, 1.54) is 0 Å². The van der Waals surface area contributed by atoms with Crippen molar-refractivity contribution in [2.24, 2.45) is 5.73 Å². The molecule has 4 rings (SSSR count). The van der Waals surface area contributed by atoms with Gasteiger partial charge in [-0.1, -0.05) is 24.3 Å². The smallest absolute Gasteiger partial charge is 0.192 e. The summed E-state index contributed by atoms with van der Waals surface area (Å²) >= 11 is 0. The van der Waals surface area contributed by atoms with Gasteiger partial charge in [0.25, 0.3) is 0 Å². The third-order valence-electron chi connectivity index (χ3n) is 5.08. The molecule has 6 heteroatoms. The maximum absolute atomic E-state index is 13.3. The number of hydrogen-bond acceptors (Lipinski definition) is 6. The Bertz CT molecular complexity index is 1010. The molecule has 0 bridgehead atoms. The van der Waals surface area contributed by atoms with Crippen molar-refractivity contribution < 1.29 is 9.21 Å². The first kappa shape index (κ1) is 17.1. The Morgan fingerprint density at radius 2 is 2.04 bits per heavy atom. The molecule has 0 saturated heterocycles. The lowest BCUT2D eigenvalue weighted by Gasteiger charge is -2.35. The molecule has 1 aromatic carbocycles. The van der Waals surface area contributed by atoms with E-state index < -0.39 is 5.92 Å². The third-order valence-corrected chi connectivity index (χ3v) is 5.08. The average Bonchev–Trinajstić information content (AvgIpc) is 3.28. The molecule has 1 unspecified atom stereocenters. The fraction of sp³-hybridized carbons (Fsp3) is 0.238. The largest absolute Gasteiger partial charge is 0.463 e. The summed E-state index contributed by atoms with van der Waals surface area (Å²) in [6.07, 6.45) is 1.58. The van der Waals surface area contributed by atoms with Gasteiger partial charge in [-0.3, -0.25) is 4.79 Å². The molecule has 1 atom stereocenters. The van der Waals surface area contributed by atoms with Gasteiger partial charge in [0.1, 0.15) is 5.82 Å². The lowest BCUT2D eigenvalue weighted by Crippen LogP contribution is -2.38. The summed E-state index contributed by atoms with van der Waals surface area (Å²) < 4.78 is 5.66. The van der Waals surface area contributed by atoms with Gasteiger partial charge in [-0.05, 0) is 31.8 Å². The normalized spacial score (nSPS) is 18.8. The van der Waals surface area contributed by atoms with Crippen LogP contribution < -0.4 is 5.73 Å². The van der Waals surface area contributed by atoms with E-state index in [1.807, 2.05) is 48.2 Å². The van der Waals surface area contributed by atoms with Gasteiger partial charge in [-0.15, -0.1) is 0 Å². The fourth-order valence-electron chi connectivity index (χ4n) is 3.82. The van der Waals surface area contributed by atoms with E-state index >= 15 is 0 Å².